The van der Waals surface area contributed by atoms with Gasteiger partial charge in [-0.2, -0.15) is 0 Å². The van der Waals surface area contributed by atoms with Crippen LogP contribution in [0.3, 0.4) is 0 Å². The smallest absolute Gasteiger partial charge is 0.312 e. The Morgan fingerprint density at radius 2 is 1.79 bits per heavy atom. The molecular weight excluding hydrogens is 198 g/mol. The molecule has 0 bridgehead atoms. The van der Waals surface area contributed by atoms with E-state index in [2.05, 4.69) is 5.32 Å². The lowest BCUT2D eigenvalue weighted by atomic mass is 10.1. The number of carbonyl (C=O) groups excluding carboxylic acids is 1. The van der Waals surface area contributed by atoms with Gasteiger partial charge in [0, 0.05) is 11.1 Å². The maximum absolute atomic E-state index is 10.7. The molecule has 14 heavy (non-hydrogen) atoms. The quantitative estimate of drug-likeness (QED) is 0.559. The van der Waals surface area contributed by atoms with Crippen molar-refractivity contribution in [3.05, 3.63) is 42.5 Å². The second-order valence-electron chi connectivity index (χ2n) is 2.93. The second-order valence-corrected chi connectivity index (χ2v) is 3.27. The number of rotatable bonds is 1. The van der Waals surface area contributed by atoms with E-state index in [4.69, 9.17) is 11.6 Å². The van der Waals surface area contributed by atoms with E-state index in [0.29, 0.717) is 0 Å². The first-order valence-electron chi connectivity index (χ1n) is 4.21. The first kappa shape index (κ1) is 9.03. The molecule has 0 saturated heterocycles. The summed E-state index contributed by atoms with van der Waals surface area (Å²) in [4.78, 5) is 10.7. The van der Waals surface area contributed by atoms with Gasteiger partial charge >= 0.3 is 5.37 Å². The number of amides is 1. The van der Waals surface area contributed by atoms with Crippen molar-refractivity contribution >= 4 is 33.4 Å². The fourth-order valence-corrected chi connectivity index (χ4v) is 1.54. The van der Waals surface area contributed by atoms with E-state index >= 15 is 0 Å². The molecule has 3 heteroatoms. The van der Waals surface area contributed by atoms with Crippen LogP contribution >= 0.6 is 11.6 Å². The Kier molecular flexibility index (Phi) is 2.37. The molecule has 0 heterocycles. The molecule has 0 aliphatic rings. The van der Waals surface area contributed by atoms with Crippen LogP contribution in [-0.2, 0) is 0 Å². The van der Waals surface area contributed by atoms with Crippen LogP contribution in [0, 0.1) is 0 Å². The molecule has 2 nitrogen and oxygen atoms in total. The lowest BCUT2D eigenvalue weighted by molar-refractivity contribution is 0.269. The third-order valence-corrected chi connectivity index (χ3v) is 2.12. The van der Waals surface area contributed by atoms with Crippen molar-refractivity contribution in [2.24, 2.45) is 0 Å². The first-order valence-corrected chi connectivity index (χ1v) is 4.59. The summed E-state index contributed by atoms with van der Waals surface area (Å²) in [5, 5.41) is 4.07. The normalized spacial score (nSPS) is 10.1. The molecule has 1 amide bonds. The maximum atomic E-state index is 10.7. The summed E-state index contributed by atoms with van der Waals surface area (Å²) in [7, 11) is 0. The number of fused-ring (bicyclic) bond motifs is 1. The third-order valence-electron chi connectivity index (χ3n) is 2.02. The predicted octanol–water partition coefficient (Wildman–Crippen LogP) is 3.61. The summed E-state index contributed by atoms with van der Waals surface area (Å²) in [5.74, 6) is 0. The van der Waals surface area contributed by atoms with Crippen molar-refractivity contribution in [2.45, 2.75) is 0 Å². The van der Waals surface area contributed by atoms with Gasteiger partial charge in [0.05, 0.1) is 0 Å². The zero-order valence-corrected chi connectivity index (χ0v) is 8.08. The summed E-state index contributed by atoms with van der Waals surface area (Å²) in [5.41, 5.74) is 0.739. The van der Waals surface area contributed by atoms with Crippen molar-refractivity contribution in [2.75, 3.05) is 5.32 Å². The molecule has 0 radical (unpaired) electrons. The Morgan fingerprint density at radius 3 is 2.57 bits per heavy atom. The summed E-state index contributed by atoms with van der Waals surface area (Å²) >= 11 is 5.26. The van der Waals surface area contributed by atoms with Gasteiger partial charge < -0.3 is 5.32 Å². The van der Waals surface area contributed by atoms with Gasteiger partial charge in [-0.1, -0.05) is 36.4 Å². The van der Waals surface area contributed by atoms with Crippen LogP contribution in [0.5, 0.6) is 0 Å². The topological polar surface area (TPSA) is 29.1 Å². The number of nitrogens with one attached hydrogen (secondary N) is 1. The molecule has 2 aromatic carbocycles. The maximum Gasteiger partial charge on any atom is 0.318 e. The summed E-state index contributed by atoms with van der Waals surface area (Å²) in [6, 6.07) is 13.5. The van der Waals surface area contributed by atoms with Gasteiger partial charge in [-0.15, -0.1) is 0 Å². The average Bonchev–Trinajstić information content (AvgIpc) is 2.18. The molecule has 0 fully saturated rings. The highest BCUT2D eigenvalue weighted by Gasteiger charge is 2.01. The van der Waals surface area contributed by atoms with Crippen molar-refractivity contribution in [1.29, 1.82) is 0 Å². The highest BCUT2D eigenvalue weighted by molar-refractivity contribution is 6.65. The standard InChI is InChI=1S/C11H8ClNO/c12-11(14)13-10-7-3-5-8-4-1-2-6-9(8)10/h1-7H,(H,13,14). The van der Waals surface area contributed by atoms with Crippen LogP contribution in [0.15, 0.2) is 42.5 Å². The zero-order valence-electron chi connectivity index (χ0n) is 7.33. The molecule has 1 N–H and O–H groups in total. The van der Waals surface area contributed by atoms with Gasteiger partial charge in [0.15, 0.2) is 0 Å². The number of hydrogen-bond donors (Lipinski definition) is 1. The first-order chi connectivity index (χ1) is 6.77. The summed E-state index contributed by atoms with van der Waals surface area (Å²) in [6.45, 7) is 0. The lowest BCUT2D eigenvalue weighted by Gasteiger charge is -2.04. The largest absolute Gasteiger partial charge is 0.318 e. The average molecular weight is 206 g/mol. The zero-order chi connectivity index (χ0) is 9.97. The van der Waals surface area contributed by atoms with Crippen molar-refractivity contribution in [3.63, 3.8) is 0 Å². The fourth-order valence-electron chi connectivity index (χ4n) is 1.44. The summed E-state index contributed by atoms with van der Waals surface area (Å²) in [6.07, 6.45) is 0. The Hall–Kier alpha value is -1.54. The van der Waals surface area contributed by atoms with Gasteiger partial charge in [-0.25, -0.2) is 0 Å². The number of benzene rings is 2. The minimum absolute atomic E-state index is 0.568. The van der Waals surface area contributed by atoms with Gasteiger partial charge in [0.2, 0.25) is 0 Å². The monoisotopic (exact) mass is 205 g/mol. The molecule has 70 valence electrons. The Bertz CT molecular complexity index is 476. The summed E-state index contributed by atoms with van der Waals surface area (Å²) < 4.78 is 0. The van der Waals surface area contributed by atoms with E-state index in [0.717, 1.165) is 16.5 Å². The Labute approximate surface area is 86.5 Å². The van der Waals surface area contributed by atoms with Crippen LogP contribution in [0.2, 0.25) is 0 Å². The number of anilines is 1. The predicted molar refractivity (Wildman–Crippen MR) is 58.8 cm³/mol. The highest BCUT2D eigenvalue weighted by atomic mass is 35.5. The van der Waals surface area contributed by atoms with Crippen LogP contribution < -0.4 is 5.32 Å². The number of halogens is 1. The SMILES string of the molecule is O=C(Cl)Nc1cccc2ccccc12. The molecule has 0 unspecified atom stereocenters. The van der Waals surface area contributed by atoms with Crippen molar-refractivity contribution in [1.82, 2.24) is 0 Å². The Morgan fingerprint density at radius 1 is 1.07 bits per heavy atom. The third kappa shape index (κ3) is 1.70. The number of carbonyl (C=O) groups is 1. The van der Waals surface area contributed by atoms with Gasteiger partial charge in [0.25, 0.3) is 0 Å². The minimum Gasteiger partial charge on any atom is -0.312 e. The molecule has 2 aromatic rings. The van der Waals surface area contributed by atoms with Gasteiger partial charge in [0.1, 0.15) is 0 Å². The van der Waals surface area contributed by atoms with E-state index < -0.39 is 5.37 Å². The fraction of sp³-hybridized carbons (Fsp3) is 0. The van der Waals surface area contributed by atoms with E-state index in [1.54, 1.807) is 0 Å². The van der Waals surface area contributed by atoms with Crippen LogP contribution in [0.4, 0.5) is 10.5 Å². The van der Waals surface area contributed by atoms with Crippen molar-refractivity contribution < 1.29 is 4.79 Å². The van der Waals surface area contributed by atoms with Crippen LogP contribution in [-0.4, -0.2) is 5.37 Å². The van der Waals surface area contributed by atoms with E-state index in [-0.39, 0.29) is 0 Å². The second kappa shape index (κ2) is 3.68. The molecule has 2 rings (SSSR count). The molecule has 0 saturated carbocycles. The molecule has 0 atom stereocenters. The minimum atomic E-state index is -0.568. The molecule has 0 aromatic heterocycles. The van der Waals surface area contributed by atoms with Crippen LogP contribution in [0.1, 0.15) is 0 Å². The molecular formula is C11H8ClNO. The van der Waals surface area contributed by atoms with E-state index in [1.807, 2.05) is 42.5 Å². The lowest BCUT2D eigenvalue weighted by Crippen LogP contribution is -2.01. The molecule has 0 aliphatic carbocycles. The molecule has 0 spiro atoms. The van der Waals surface area contributed by atoms with Gasteiger partial charge in [-0.3, -0.25) is 4.79 Å². The van der Waals surface area contributed by atoms with E-state index in [9.17, 15) is 4.79 Å². The van der Waals surface area contributed by atoms with Crippen LogP contribution in [0.25, 0.3) is 10.8 Å². The highest BCUT2D eigenvalue weighted by Crippen LogP contribution is 2.22. The van der Waals surface area contributed by atoms with E-state index in [1.165, 1.54) is 0 Å². The molecule has 0 aliphatic heterocycles. The van der Waals surface area contributed by atoms with Crippen molar-refractivity contribution in [3.8, 4) is 0 Å². The number of hydrogen-bond acceptors (Lipinski definition) is 1. The van der Waals surface area contributed by atoms with Gasteiger partial charge in [-0.05, 0) is 23.1 Å². The Balaban J connectivity index is 2.59.